The van der Waals surface area contributed by atoms with Crippen LogP contribution in [0, 0.1) is 0 Å². The van der Waals surface area contributed by atoms with Gasteiger partial charge in [-0.1, -0.05) is 23.8 Å². The van der Waals surface area contributed by atoms with Crippen LogP contribution >= 0.6 is 11.6 Å². The Bertz CT molecular complexity index is 449. The Balaban J connectivity index is 2.45. The summed E-state index contributed by atoms with van der Waals surface area (Å²) < 4.78 is 5.29. The van der Waals surface area contributed by atoms with Crippen LogP contribution in [0.5, 0.6) is 0 Å². The lowest BCUT2D eigenvalue weighted by Crippen LogP contribution is -2.12. The van der Waals surface area contributed by atoms with Gasteiger partial charge in [-0.3, -0.25) is 0 Å². The summed E-state index contributed by atoms with van der Waals surface area (Å²) in [6.45, 7) is 7.12. The van der Waals surface area contributed by atoms with E-state index < -0.39 is 5.97 Å². The summed E-state index contributed by atoms with van der Waals surface area (Å²) in [4.78, 5) is 14.7. The zero-order chi connectivity index (χ0) is 13.5. The molecule has 0 atom stereocenters. The molecule has 18 heavy (non-hydrogen) atoms. The zero-order valence-electron chi connectivity index (χ0n) is 10.1. The predicted octanol–water partition coefficient (Wildman–Crippen LogP) is 2.44. The number of hydrogen-bond acceptors (Lipinski definition) is 4. The quantitative estimate of drug-likeness (QED) is 0.588. The highest BCUT2D eigenvalue weighted by Crippen LogP contribution is 2.16. The maximum Gasteiger partial charge on any atom is 0.356 e. The molecule has 0 fully saturated rings. The van der Waals surface area contributed by atoms with Gasteiger partial charge in [0.15, 0.2) is 5.69 Å². The van der Waals surface area contributed by atoms with Crippen LogP contribution in [0.3, 0.4) is 0 Å². The van der Waals surface area contributed by atoms with Crippen molar-refractivity contribution in [2.24, 2.45) is 0 Å². The molecule has 0 amide bonds. The van der Waals surface area contributed by atoms with Crippen molar-refractivity contribution < 1.29 is 14.6 Å². The molecule has 0 aliphatic heterocycles. The Morgan fingerprint density at radius 2 is 2.33 bits per heavy atom. The normalized spacial score (nSPS) is 10.1. The largest absolute Gasteiger partial charge is 0.476 e. The molecule has 1 heterocycles. The van der Waals surface area contributed by atoms with Crippen LogP contribution in [-0.2, 0) is 4.74 Å². The van der Waals surface area contributed by atoms with Crippen LogP contribution in [-0.4, -0.2) is 35.8 Å². The van der Waals surface area contributed by atoms with Crippen molar-refractivity contribution in [1.82, 2.24) is 4.98 Å². The molecular formula is C12H15ClN2O3. The fourth-order valence-electron chi connectivity index (χ4n) is 1.19. The Morgan fingerprint density at radius 3 is 2.94 bits per heavy atom. The third-order valence-electron chi connectivity index (χ3n) is 1.95. The molecule has 2 N–H and O–H groups in total. The standard InChI is InChI=1S/C12H15ClN2O3/c1-8(2)7-18-6-5-14-10-4-3-9(13)11(15-10)12(16)17/h3-4H,1,5-7H2,2H3,(H,14,15)(H,16,17). The van der Waals surface area contributed by atoms with E-state index in [0.717, 1.165) is 5.57 Å². The van der Waals surface area contributed by atoms with Gasteiger partial charge < -0.3 is 15.2 Å². The molecule has 0 aromatic carbocycles. The van der Waals surface area contributed by atoms with Crippen molar-refractivity contribution >= 4 is 23.4 Å². The summed E-state index contributed by atoms with van der Waals surface area (Å²) in [7, 11) is 0. The monoisotopic (exact) mass is 270 g/mol. The lowest BCUT2D eigenvalue weighted by atomic mass is 10.3. The minimum Gasteiger partial charge on any atom is -0.476 e. The van der Waals surface area contributed by atoms with E-state index in [4.69, 9.17) is 21.4 Å². The number of nitrogens with one attached hydrogen (secondary N) is 1. The number of pyridine rings is 1. The van der Waals surface area contributed by atoms with Crippen LogP contribution < -0.4 is 5.32 Å². The number of hydrogen-bond donors (Lipinski definition) is 2. The number of carboxylic acid groups (broad SMARTS) is 1. The molecule has 0 spiro atoms. The minimum absolute atomic E-state index is 0.117. The molecule has 0 aliphatic rings. The molecule has 5 nitrogen and oxygen atoms in total. The number of carbonyl (C=O) groups is 1. The number of rotatable bonds is 7. The molecule has 0 bridgehead atoms. The molecular weight excluding hydrogens is 256 g/mol. The lowest BCUT2D eigenvalue weighted by Gasteiger charge is -2.07. The van der Waals surface area contributed by atoms with E-state index in [9.17, 15) is 4.79 Å². The van der Waals surface area contributed by atoms with Crippen molar-refractivity contribution in [3.8, 4) is 0 Å². The third-order valence-corrected chi connectivity index (χ3v) is 2.25. The highest BCUT2D eigenvalue weighted by molar-refractivity contribution is 6.33. The fourth-order valence-corrected chi connectivity index (χ4v) is 1.37. The van der Waals surface area contributed by atoms with Gasteiger partial charge >= 0.3 is 5.97 Å². The number of carboxylic acids is 1. The first kappa shape index (κ1) is 14.5. The number of halogens is 1. The number of ether oxygens (including phenoxy) is 1. The van der Waals surface area contributed by atoms with Crippen LogP contribution in [0.2, 0.25) is 5.02 Å². The average molecular weight is 271 g/mol. The third kappa shape index (κ3) is 4.73. The van der Waals surface area contributed by atoms with E-state index >= 15 is 0 Å². The molecule has 0 unspecified atom stereocenters. The van der Waals surface area contributed by atoms with E-state index in [1.165, 1.54) is 6.07 Å². The Hall–Kier alpha value is -1.59. The van der Waals surface area contributed by atoms with Crippen molar-refractivity contribution in [2.75, 3.05) is 25.1 Å². The van der Waals surface area contributed by atoms with Gasteiger partial charge in [0.1, 0.15) is 5.82 Å². The van der Waals surface area contributed by atoms with E-state index in [-0.39, 0.29) is 10.7 Å². The van der Waals surface area contributed by atoms with Gasteiger partial charge in [-0.15, -0.1) is 0 Å². The summed E-state index contributed by atoms with van der Waals surface area (Å²) in [5, 5.41) is 11.9. The predicted molar refractivity (Wildman–Crippen MR) is 70.3 cm³/mol. The van der Waals surface area contributed by atoms with Crippen LogP contribution in [0.25, 0.3) is 0 Å². The topological polar surface area (TPSA) is 71.5 Å². The molecule has 98 valence electrons. The van der Waals surface area contributed by atoms with Crippen molar-refractivity contribution in [3.63, 3.8) is 0 Å². The van der Waals surface area contributed by atoms with Crippen molar-refractivity contribution in [3.05, 3.63) is 35.0 Å². The maximum absolute atomic E-state index is 10.8. The minimum atomic E-state index is -1.15. The van der Waals surface area contributed by atoms with Crippen LogP contribution in [0.1, 0.15) is 17.4 Å². The van der Waals surface area contributed by atoms with Gasteiger partial charge in [-0.05, 0) is 19.1 Å². The molecule has 1 aromatic heterocycles. The zero-order valence-corrected chi connectivity index (χ0v) is 10.8. The first-order valence-corrected chi connectivity index (χ1v) is 5.74. The molecule has 1 rings (SSSR count). The molecule has 1 aromatic rings. The average Bonchev–Trinajstić information content (AvgIpc) is 2.30. The summed E-state index contributed by atoms with van der Waals surface area (Å²) >= 11 is 5.70. The second kappa shape index (κ2) is 6.98. The van der Waals surface area contributed by atoms with Gasteiger partial charge in [-0.25, -0.2) is 9.78 Å². The van der Waals surface area contributed by atoms with E-state index in [0.29, 0.717) is 25.6 Å². The smallest absolute Gasteiger partial charge is 0.356 e. The summed E-state index contributed by atoms with van der Waals surface area (Å²) in [6, 6.07) is 3.11. The van der Waals surface area contributed by atoms with E-state index in [1.807, 2.05) is 6.92 Å². The molecule has 6 heteroatoms. The van der Waals surface area contributed by atoms with E-state index in [1.54, 1.807) is 6.07 Å². The first-order chi connectivity index (χ1) is 8.50. The highest BCUT2D eigenvalue weighted by Gasteiger charge is 2.10. The molecule has 0 saturated carbocycles. The van der Waals surface area contributed by atoms with Crippen molar-refractivity contribution in [1.29, 1.82) is 0 Å². The second-order valence-electron chi connectivity index (χ2n) is 3.77. The van der Waals surface area contributed by atoms with Gasteiger partial charge in [0.2, 0.25) is 0 Å². The summed E-state index contributed by atoms with van der Waals surface area (Å²) in [6.07, 6.45) is 0. The van der Waals surface area contributed by atoms with Crippen molar-refractivity contribution in [2.45, 2.75) is 6.92 Å². The molecule has 0 radical (unpaired) electrons. The van der Waals surface area contributed by atoms with E-state index in [2.05, 4.69) is 16.9 Å². The number of anilines is 1. The number of aromatic carboxylic acids is 1. The summed E-state index contributed by atoms with van der Waals surface area (Å²) in [5.41, 5.74) is 0.789. The molecule has 0 aliphatic carbocycles. The number of nitrogens with zero attached hydrogens (tertiary/aromatic N) is 1. The van der Waals surface area contributed by atoms with Gasteiger partial charge in [0.05, 0.1) is 18.2 Å². The second-order valence-corrected chi connectivity index (χ2v) is 4.18. The van der Waals surface area contributed by atoms with Crippen LogP contribution in [0.4, 0.5) is 5.82 Å². The van der Waals surface area contributed by atoms with Gasteiger partial charge in [0.25, 0.3) is 0 Å². The van der Waals surface area contributed by atoms with Crippen LogP contribution in [0.15, 0.2) is 24.3 Å². The van der Waals surface area contributed by atoms with Gasteiger partial charge in [-0.2, -0.15) is 0 Å². The molecule has 0 saturated heterocycles. The Kier molecular flexibility index (Phi) is 5.61. The Morgan fingerprint density at radius 1 is 1.61 bits per heavy atom. The highest BCUT2D eigenvalue weighted by atomic mass is 35.5. The maximum atomic E-state index is 10.8. The first-order valence-electron chi connectivity index (χ1n) is 5.36. The summed E-state index contributed by atoms with van der Waals surface area (Å²) in [5.74, 6) is -0.696. The fraction of sp³-hybridized carbons (Fsp3) is 0.333. The van der Waals surface area contributed by atoms with Gasteiger partial charge in [0, 0.05) is 6.54 Å². The SMILES string of the molecule is C=C(C)COCCNc1ccc(Cl)c(C(=O)O)n1. The Labute approximate surface area is 110 Å². The number of aromatic nitrogens is 1. The lowest BCUT2D eigenvalue weighted by molar-refractivity contribution is 0.0691.